The second-order valence-electron chi connectivity index (χ2n) is 10.6. The molecule has 2 saturated heterocycles. The van der Waals surface area contributed by atoms with Crippen molar-refractivity contribution in [1.82, 2.24) is 4.98 Å². The van der Waals surface area contributed by atoms with Crippen LogP contribution in [0.2, 0.25) is 0 Å². The molecule has 1 spiro atoms. The van der Waals surface area contributed by atoms with E-state index in [-0.39, 0.29) is 37.3 Å². The van der Waals surface area contributed by atoms with E-state index < -0.39 is 17.6 Å². The number of anilines is 3. The number of nitrogens with zero attached hydrogens (tertiary/aromatic N) is 3. The average Bonchev–Trinajstić information content (AvgIpc) is 3.64. The van der Waals surface area contributed by atoms with E-state index in [4.69, 9.17) is 0 Å². The van der Waals surface area contributed by atoms with Crippen LogP contribution < -0.4 is 15.1 Å². The summed E-state index contributed by atoms with van der Waals surface area (Å²) in [6.45, 7) is 1.84. The third-order valence-electron chi connectivity index (χ3n) is 8.19. The molecule has 2 aliphatic heterocycles. The van der Waals surface area contributed by atoms with Crippen LogP contribution >= 0.6 is 22.6 Å². The van der Waals surface area contributed by atoms with Gasteiger partial charge in [0.25, 0.3) is 11.8 Å². The van der Waals surface area contributed by atoms with Crippen LogP contribution in [0.15, 0.2) is 42.6 Å². The van der Waals surface area contributed by atoms with Crippen LogP contribution in [-0.4, -0.2) is 43.0 Å². The van der Waals surface area contributed by atoms with Crippen LogP contribution in [0.1, 0.15) is 48.9 Å². The first-order chi connectivity index (χ1) is 17.7. The molecular formula is C28H28F3IN4O. The lowest BCUT2D eigenvalue weighted by atomic mass is 9.93. The molecule has 3 fully saturated rings. The molecule has 1 aliphatic carbocycles. The summed E-state index contributed by atoms with van der Waals surface area (Å²) >= 11 is 2.25. The fourth-order valence-corrected chi connectivity index (χ4v) is 6.14. The summed E-state index contributed by atoms with van der Waals surface area (Å²) in [5.41, 5.74) is 2.46. The Morgan fingerprint density at radius 1 is 0.946 bits per heavy atom. The van der Waals surface area contributed by atoms with E-state index in [2.05, 4.69) is 37.8 Å². The SMILES string of the molecule is O=C(Nc1cc2cccnc2c(N2CCC(F)(F)CC2)c1F)c1ccc(I)cc1N1CCC2(CC1)CC2. The molecule has 1 saturated carbocycles. The number of amides is 1. The van der Waals surface area contributed by atoms with Crippen molar-refractivity contribution in [2.75, 3.05) is 41.3 Å². The minimum atomic E-state index is -2.75. The summed E-state index contributed by atoms with van der Waals surface area (Å²) in [6, 6.07) is 10.8. The first-order valence-corrected chi connectivity index (χ1v) is 13.9. The van der Waals surface area contributed by atoms with Gasteiger partial charge in [0.05, 0.1) is 22.5 Å². The Kier molecular flexibility index (Phi) is 6.24. The largest absolute Gasteiger partial charge is 0.371 e. The van der Waals surface area contributed by atoms with Gasteiger partial charge in [-0.1, -0.05) is 6.07 Å². The van der Waals surface area contributed by atoms with Crippen molar-refractivity contribution >= 4 is 56.5 Å². The molecule has 3 aromatic rings. The van der Waals surface area contributed by atoms with E-state index in [0.29, 0.717) is 21.9 Å². The third-order valence-corrected chi connectivity index (χ3v) is 8.86. The number of halogens is 4. The highest BCUT2D eigenvalue weighted by molar-refractivity contribution is 14.1. The number of alkyl halides is 2. The Morgan fingerprint density at radius 2 is 1.65 bits per heavy atom. The molecule has 37 heavy (non-hydrogen) atoms. The normalized spacial score (nSPS) is 20.3. The number of rotatable bonds is 4. The number of benzene rings is 2. The molecule has 0 atom stereocenters. The zero-order chi connectivity index (χ0) is 25.8. The summed E-state index contributed by atoms with van der Waals surface area (Å²) in [5.74, 6) is -3.79. The lowest BCUT2D eigenvalue weighted by Crippen LogP contribution is -2.40. The highest BCUT2D eigenvalue weighted by Crippen LogP contribution is 2.54. The van der Waals surface area contributed by atoms with Crippen LogP contribution in [0.5, 0.6) is 0 Å². The summed E-state index contributed by atoms with van der Waals surface area (Å²) in [4.78, 5) is 21.8. The molecule has 1 amide bonds. The average molecular weight is 620 g/mol. The molecule has 1 N–H and O–H groups in total. The van der Waals surface area contributed by atoms with Gasteiger partial charge in [-0.3, -0.25) is 9.78 Å². The van der Waals surface area contributed by atoms with Crippen molar-refractivity contribution in [2.24, 2.45) is 5.41 Å². The highest BCUT2D eigenvalue weighted by atomic mass is 127. The van der Waals surface area contributed by atoms with E-state index in [1.54, 1.807) is 35.4 Å². The van der Waals surface area contributed by atoms with E-state index in [0.717, 1.165) is 35.2 Å². The molecule has 0 unspecified atom stereocenters. The van der Waals surface area contributed by atoms with Crippen molar-refractivity contribution < 1.29 is 18.0 Å². The number of fused-ring (bicyclic) bond motifs is 1. The number of piperidine rings is 2. The Labute approximate surface area is 227 Å². The van der Waals surface area contributed by atoms with Gasteiger partial charge in [0.2, 0.25) is 0 Å². The first kappa shape index (κ1) is 24.8. The quantitative estimate of drug-likeness (QED) is 0.325. The number of aromatic nitrogens is 1. The molecule has 9 heteroatoms. The molecule has 0 bridgehead atoms. The van der Waals surface area contributed by atoms with Gasteiger partial charge in [-0.05, 0) is 84.0 Å². The Hall–Kier alpha value is -2.56. The lowest BCUT2D eigenvalue weighted by Gasteiger charge is -2.35. The van der Waals surface area contributed by atoms with Crippen molar-refractivity contribution in [3.63, 3.8) is 0 Å². The topological polar surface area (TPSA) is 48.5 Å². The van der Waals surface area contributed by atoms with Gasteiger partial charge in [0.15, 0.2) is 5.82 Å². The zero-order valence-corrected chi connectivity index (χ0v) is 22.5. The van der Waals surface area contributed by atoms with E-state index in [1.807, 2.05) is 12.1 Å². The number of nitrogens with one attached hydrogen (secondary N) is 1. The minimum absolute atomic E-state index is 0.0186. The fourth-order valence-electron chi connectivity index (χ4n) is 5.67. The van der Waals surface area contributed by atoms with Gasteiger partial charge in [-0.15, -0.1) is 0 Å². The predicted molar refractivity (Wildman–Crippen MR) is 148 cm³/mol. The number of hydrogen-bond acceptors (Lipinski definition) is 4. The van der Waals surface area contributed by atoms with Crippen LogP contribution in [0.4, 0.5) is 30.2 Å². The first-order valence-electron chi connectivity index (χ1n) is 12.8. The van der Waals surface area contributed by atoms with Crippen molar-refractivity contribution in [1.29, 1.82) is 0 Å². The van der Waals surface area contributed by atoms with Gasteiger partial charge in [-0.2, -0.15) is 0 Å². The van der Waals surface area contributed by atoms with E-state index in [9.17, 15) is 13.6 Å². The molecule has 6 rings (SSSR count). The number of hydrogen-bond donors (Lipinski definition) is 1. The second kappa shape index (κ2) is 9.32. The maximum Gasteiger partial charge on any atom is 0.257 e. The maximum absolute atomic E-state index is 16.0. The Morgan fingerprint density at radius 3 is 2.35 bits per heavy atom. The number of carbonyl (C=O) groups excluding carboxylic acids is 1. The molecule has 5 nitrogen and oxygen atoms in total. The maximum atomic E-state index is 16.0. The lowest BCUT2D eigenvalue weighted by molar-refractivity contribution is -0.0221. The van der Waals surface area contributed by atoms with Gasteiger partial charge in [0, 0.05) is 54.2 Å². The van der Waals surface area contributed by atoms with Gasteiger partial charge in [-0.25, -0.2) is 13.2 Å². The fraction of sp³-hybridized carbons (Fsp3) is 0.429. The monoisotopic (exact) mass is 620 g/mol. The number of carbonyl (C=O) groups is 1. The smallest absolute Gasteiger partial charge is 0.257 e. The van der Waals surface area contributed by atoms with Crippen molar-refractivity contribution in [3.05, 3.63) is 57.5 Å². The summed E-state index contributed by atoms with van der Waals surface area (Å²) < 4.78 is 44.6. The van der Waals surface area contributed by atoms with Gasteiger partial charge in [0.1, 0.15) is 5.69 Å². The van der Waals surface area contributed by atoms with E-state index in [1.165, 1.54) is 12.8 Å². The molecule has 0 radical (unpaired) electrons. The second-order valence-corrected chi connectivity index (χ2v) is 11.9. The molecule has 2 aromatic carbocycles. The predicted octanol–water partition coefficient (Wildman–Crippen LogP) is 6.85. The summed E-state index contributed by atoms with van der Waals surface area (Å²) in [7, 11) is 0. The van der Waals surface area contributed by atoms with Gasteiger partial charge >= 0.3 is 0 Å². The third kappa shape index (κ3) is 4.86. The molecule has 3 heterocycles. The zero-order valence-electron chi connectivity index (χ0n) is 20.4. The number of pyridine rings is 1. The summed E-state index contributed by atoms with van der Waals surface area (Å²) in [5, 5.41) is 3.44. The van der Waals surface area contributed by atoms with Gasteiger partial charge < -0.3 is 15.1 Å². The van der Waals surface area contributed by atoms with Crippen LogP contribution in [-0.2, 0) is 0 Å². The van der Waals surface area contributed by atoms with Crippen molar-refractivity contribution in [3.8, 4) is 0 Å². The van der Waals surface area contributed by atoms with Crippen LogP contribution in [0.3, 0.4) is 0 Å². The standard InChI is InChI=1S/C28H28F3IN4O/c29-23-21(16-18-2-1-11-33-24(18)25(23)36-14-9-28(30,31)10-15-36)34-26(37)20-4-3-19(32)17-22(20)35-12-7-27(5-6-27)8-13-35/h1-4,11,16-17H,5-10,12-15H2,(H,34,37). The van der Waals surface area contributed by atoms with E-state index >= 15 is 4.39 Å². The highest BCUT2D eigenvalue weighted by Gasteiger charge is 2.44. The molecule has 194 valence electrons. The Bertz CT molecular complexity index is 1360. The molecule has 1 aromatic heterocycles. The molecular weight excluding hydrogens is 592 g/mol. The minimum Gasteiger partial charge on any atom is -0.371 e. The van der Waals surface area contributed by atoms with Crippen LogP contribution in [0.25, 0.3) is 10.9 Å². The van der Waals surface area contributed by atoms with Crippen LogP contribution in [0, 0.1) is 14.8 Å². The summed E-state index contributed by atoms with van der Waals surface area (Å²) in [6.07, 6.45) is 5.72. The van der Waals surface area contributed by atoms with Crippen molar-refractivity contribution in [2.45, 2.75) is 44.4 Å². The molecule has 3 aliphatic rings. The Balaban J connectivity index is 1.32.